The van der Waals surface area contributed by atoms with Gasteiger partial charge < -0.3 is 9.47 Å². The third kappa shape index (κ3) is 2.59. The van der Waals surface area contributed by atoms with Gasteiger partial charge in [-0.15, -0.1) is 3.89 Å². The van der Waals surface area contributed by atoms with E-state index < -0.39 is 16.0 Å². The van der Waals surface area contributed by atoms with E-state index in [0.29, 0.717) is 17.1 Å². The molecule has 1 aliphatic heterocycles. The second kappa shape index (κ2) is 3.69. The van der Waals surface area contributed by atoms with Crippen molar-refractivity contribution in [2.75, 3.05) is 12.5 Å². The molecule has 4 nitrogen and oxygen atoms in total. The summed E-state index contributed by atoms with van der Waals surface area (Å²) in [7, 11) is -4.41. The molecule has 0 aliphatic carbocycles. The summed E-state index contributed by atoms with van der Waals surface area (Å²) in [6.45, 7) is 0.167. The first-order valence-electron chi connectivity index (χ1n) is 4.35. The van der Waals surface area contributed by atoms with E-state index >= 15 is 0 Å². The smallest absolute Gasteiger partial charge is 0.302 e. The number of halogens is 1. The van der Waals surface area contributed by atoms with Gasteiger partial charge in [-0.25, -0.2) is 0 Å². The van der Waals surface area contributed by atoms with Crippen molar-refractivity contribution in [3.8, 4) is 11.5 Å². The van der Waals surface area contributed by atoms with Crippen LogP contribution >= 0.6 is 0 Å². The highest BCUT2D eigenvalue weighted by atomic mass is 32.3. The third-order valence-corrected chi connectivity index (χ3v) is 2.76. The van der Waals surface area contributed by atoms with Gasteiger partial charge in [-0.2, -0.15) is 8.42 Å². The quantitative estimate of drug-likeness (QED) is 0.736. The maximum atomic E-state index is 12.3. The molecule has 82 valence electrons. The summed E-state index contributed by atoms with van der Waals surface area (Å²) in [4.78, 5) is 0. The Morgan fingerprint density at radius 1 is 1.27 bits per heavy atom. The average Bonchev–Trinajstić information content (AvgIpc) is 2.60. The first kappa shape index (κ1) is 10.2. The van der Waals surface area contributed by atoms with Crippen LogP contribution < -0.4 is 9.47 Å². The Balaban J connectivity index is 2.10. The molecule has 1 aliphatic rings. The molecule has 0 saturated heterocycles. The second-order valence-electron chi connectivity index (χ2n) is 3.18. The van der Waals surface area contributed by atoms with Gasteiger partial charge in [0.25, 0.3) is 0 Å². The minimum absolute atomic E-state index is 0.134. The van der Waals surface area contributed by atoms with Crippen LogP contribution in [0.25, 0.3) is 0 Å². The van der Waals surface area contributed by atoms with E-state index in [2.05, 4.69) is 0 Å². The van der Waals surface area contributed by atoms with Crippen LogP contribution in [0, 0.1) is 0 Å². The zero-order valence-corrected chi connectivity index (χ0v) is 8.59. The van der Waals surface area contributed by atoms with E-state index in [9.17, 15) is 12.3 Å². The first-order valence-corrected chi connectivity index (χ1v) is 5.91. The van der Waals surface area contributed by atoms with E-state index in [1.54, 1.807) is 18.2 Å². The summed E-state index contributed by atoms with van der Waals surface area (Å²) in [6.07, 6.45) is 0.134. The molecule has 15 heavy (non-hydrogen) atoms. The molecule has 0 saturated carbocycles. The van der Waals surface area contributed by atoms with Gasteiger partial charge in [0, 0.05) is 0 Å². The maximum Gasteiger partial charge on any atom is 0.302 e. The number of ether oxygens (including phenoxy) is 2. The summed E-state index contributed by atoms with van der Waals surface area (Å²) >= 11 is 0. The molecule has 2 rings (SSSR count). The Hall–Kier alpha value is -1.30. The molecule has 6 heteroatoms. The van der Waals surface area contributed by atoms with Crippen LogP contribution in [0.5, 0.6) is 11.5 Å². The number of benzene rings is 1. The minimum Gasteiger partial charge on any atom is -0.454 e. The molecule has 0 radical (unpaired) electrons. The first-order chi connectivity index (χ1) is 7.04. The molecule has 0 N–H and O–H groups in total. The third-order valence-electron chi connectivity index (χ3n) is 2.07. The molecule has 0 amide bonds. The fourth-order valence-electron chi connectivity index (χ4n) is 1.34. The molecule has 0 aromatic heterocycles. The van der Waals surface area contributed by atoms with Crippen molar-refractivity contribution in [2.45, 2.75) is 6.42 Å². The van der Waals surface area contributed by atoms with Gasteiger partial charge in [-0.1, -0.05) is 6.07 Å². The van der Waals surface area contributed by atoms with Crippen LogP contribution in [0.1, 0.15) is 5.56 Å². The fraction of sp³-hybridized carbons (Fsp3) is 0.333. The van der Waals surface area contributed by atoms with Crippen molar-refractivity contribution in [1.82, 2.24) is 0 Å². The van der Waals surface area contributed by atoms with Gasteiger partial charge in [0.15, 0.2) is 11.5 Å². The fourth-order valence-corrected chi connectivity index (χ4v) is 1.82. The summed E-state index contributed by atoms with van der Waals surface area (Å²) in [6, 6.07) is 5.04. The van der Waals surface area contributed by atoms with Crippen LogP contribution in [-0.4, -0.2) is 21.0 Å². The number of aryl methyl sites for hydroxylation is 1. The van der Waals surface area contributed by atoms with Crippen LogP contribution in [0.3, 0.4) is 0 Å². The topological polar surface area (TPSA) is 52.6 Å². The Labute approximate surface area is 86.8 Å². The predicted octanol–water partition coefficient (Wildman–Crippen LogP) is 1.26. The highest BCUT2D eigenvalue weighted by molar-refractivity contribution is 7.86. The predicted molar refractivity (Wildman–Crippen MR) is 51.2 cm³/mol. The Morgan fingerprint density at radius 2 is 2.00 bits per heavy atom. The maximum absolute atomic E-state index is 12.3. The summed E-state index contributed by atoms with van der Waals surface area (Å²) in [5.41, 5.74) is 0.709. The summed E-state index contributed by atoms with van der Waals surface area (Å²) in [5, 5.41) is 0. The Morgan fingerprint density at radius 3 is 2.73 bits per heavy atom. The van der Waals surface area contributed by atoms with Crippen molar-refractivity contribution in [3.63, 3.8) is 0 Å². The lowest BCUT2D eigenvalue weighted by Gasteiger charge is -2.00. The van der Waals surface area contributed by atoms with Crippen molar-refractivity contribution in [2.24, 2.45) is 0 Å². The highest BCUT2D eigenvalue weighted by Crippen LogP contribution is 2.32. The second-order valence-corrected chi connectivity index (χ2v) is 4.67. The lowest BCUT2D eigenvalue weighted by atomic mass is 10.1. The monoisotopic (exact) mass is 232 g/mol. The van der Waals surface area contributed by atoms with Gasteiger partial charge in [0.05, 0.1) is 5.75 Å². The minimum atomic E-state index is -4.41. The molecular weight excluding hydrogens is 223 g/mol. The molecule has 0 atom stereocenters. The molecule has 0 bridgehead atoms. The van der Waals surface area contributed by atoms with Crippen LogP contribution in [-0.2, 0) is 16.6 Å². The lowest BCUT2D eigenvalue weighted by molar-refractivity contribution is 0.174. The molecule has 1 heterocycles. The standard InChI is InChI=1S/C9H9FO4S/c10-15(11,12)4-3-7-1-2-8-9(5-7)14-6-13-8/h1-2,5H,3-4,6H2. The van der Waals surface area contributed by atoms with E-state index in [0.717, 1.165) is 0 Å². The van der Waals surface area contributed by atoms with Gasteiger partial charge in [0.2, 0.25) is 6.79 Å². The van der Waals surface area contributed by atoms with Crippen molar-refractivity contribution < 1.29 is 21.8 Å². The van der Waals surface area contributed by atoms with Crippen molar-refractivity contribution in [3.05, 3.63) is 23.8 Å². The van der Waals surface area contributed by atoms with E-state index in [-0.39, 0.29) is 13.2 Å². The number of fused-ring (bicyclic) bond motifs is 1. The molecule has 0 fully saturated rings. The summed E-state index contributed by atoms with van der Waals surface area (Å²) < 4.78 is 43.1. The Bertz CT molecular complexity index is 469. The van der Waals surface area contributed by atoms with Crippen molar-refractivity contribution in [1.29, 1.82) is 0 Å². The lowest BCUT2D eigenvalue weighted by Crippen LogP contribution is -2.01. The van der Waals surface area contributed by atoms with Crippen LogP contribution in [0.15, 0.2) is 18.2 Å². The zero-order chi connectivity index (χ0) is 10.9. The molecule has 0 unspecified atom stereocenters. The largest absolute Gasteiger partial charge is 0.454 e. The van der Waals surface area contributed by atoms with E-state index in [1.165, 1.54) is 0 Å². The number of hydrogen-bond donors (Lipinski definition) is 0. The van der Waals surface area contributed by atoms with E-state index in [1.807, 2.05) is 0 Å². The average molecular weight is 232 g/mol. The van der Waals surface area contributed by atoms with Gasteiger partial charge in [-0.3, -0.25) is 0 Å². The van der Waals surface area contributed by atoms with Gasteiger partial charge >= 0.3 is 10.2 Å². The summed E-state index contributed by atoms with van der Waals surface area (Å²) in [5.74, 6) is 0.692. The number of hydrogen-bond acceptors (Lipinski definition) is 4. The van der Waals surface area contributed by atoms with Gasteiger partial charge in [0.1, 0.15) is 0 Å². The zero-order valence-electron chi connectivity index (χ0n) is 7.77. The molecule has 1 aromatic carbocycles. The highest BCUT2D eigenvalue weighted by Gasteiger charge is 2.14. The van der Waals surface area contributed by atoms with Gasteiger partial charge in [-0.05, 0) is 24.1 Å². The normalized spacial score (nSPS) is 14.2. The molecule has 0 spiro atoms. The number of rotatable bonds is 3. The van der Waals surface area contributed by atoms with E-state index in [4.69, 9.17) is 9.47 Å². The van der Waals surface area contributed by atoms with Crippen LogP contribution in [0.4, 0.5) is 3.89 Å². The molecule has 1 aromatic rings. The SMILES string of the molecule is O=S(=O)(F)CCc1ccc2c(c1)OCO2. The van der Waals surface area contributed by atoms with Crippen molar-refractivity contribution >= 4 is 10.2 Å². The Kier molecular flexibility index (Phi) is 2.52. The van der Waals surface area contributed by atoms with Crippen LogP contribution in [0.2, 0.25) is 0 Å². The molecular formula is C9H9FO4S.